The minimum Gasteiger partial charge on any atom is -0.346 e. The summed E-state index contributed by atoms with van der Waals surface area (Å²) in [6.07, 6.45) is 16.2. The van der Waals surface area contributed by atoms with Gasteiger partial charge in [0, 0.05) is 54.9 Å². The van der Waals surface area contributed by atoms with Crippen LogP contribution in [-0.4, -0.2) is 28.8 Å². The van der Waals surface area contributed by atoms with E-state index in [4.69, 9.17) is 0 Å². The van der Waals surface area contributed by atoms with Crippen molar-refractivity contribution in [2.75, 3.05) is 0 Å². The lowest BCUT2D eigenvalue weighted by atomic mass is 9.88. The summed E-state index contributed by atoms with van der Waals surface area (Å²) in [5, 5.41) is 10.9. The highest BCUT2D eigenvalue weighted by molar-refractivity contribution is 6.11. The summed E-state index contributed by atoms with van der Waals surface area (Å²) >= 11 is 0. The minimum atomic E-state index is -0.241. The lowest BCUT2D eigenvalue weighted by Gasteiger charge is -2.30. The Kier molecular flexibility index (Phi) is 6.39. The number of fused-ring (bicyclic) bond motifs is 8. The van der Waals surface area contributed by atoms with Gasteiger partial charge in [-0.2, -0.15) is 5.32 Å². The zero-order valence-electron chi connectivity index (χ0n) is 25.2. The molecular weight excluding hydrogens is 570 g/mol. The van der Waals surface area contributed by atoms with Gasteiger partial charge in [0.05, 0.1) is 11.9 Å². The molecule has 0 unspecified atom stereocenters. The minimum absolute atomic E-state index is 0.241. The van der Waals surface area contributed by atoms with Crippen molar-refractivity contribution in [2.45, 2.75) is 13.8 Å². The molecule has 46 heavy (non-hydrogen) atoms. The molecule has 5 aromatic rings. The monoisotopic (exact) mass is 598 g/mol. The highest BCUT2D eigenvalue weighted by Crippen LogP contribution is 2.38. The number of aromatic amines is 1. The molecule has 0 spiro atoms. The van der Waals surface area contributed by atoms with Crippen LogP contribution >= 0.6 is 0 Å². The summed E-state index contributed by atoms with van der Waals surface area (Å²) in [6, 6.07) is 25.7. The molecule has 0 fully saturated rings. The second-order valence-corrected chi connectivity index (χ2v) is 11.5. The zero-order chi connectivity index (χ0) is 31.4. The molecule has 8 rings (SSSR count). The Bertz CT molecular complexity index is 2430. The van der Waals surface area contributed by atoms with E-state index < -0.39 is 0 Å². The molecule has 4 heterocycles. The summed E-state index contributed by atoms with van der Waals surface area (Å²) in [4.78, 5) is 35.4. The van der Waals surface area contributed by atoms with E-state index in [2.05, 4.69) is 110 Å². The number of nitrogens with one attached hydrogen (secondary N) is 2. The second kappa shape index (κ2) is 10.7. The van der Waals surface area contributed by atoms with Crippen molar-refractivity contribution < 1.29 is 19.6 Å². The van der Waals surface area contributed by atoms with Crippen LogP contribution in [0.3, 0.4) is 0 Å². The number of H-pyrrole nitrogens is 1. The lowest BCUT2D eigenvalue weighted by Crippen LogP contribution is -2.74. The average Bonchev–Trinajstić information content (AvgIpc) is 3.07. The van der Waals surface area contributed by atoms with Crippen molar-refractivity contribution in [1.29, 1.82) is 0 Å². The number of pyridine rings is 1. The van der Waals surface area contributed by atoms with Gasteiger partial charge < -0.3 is 9.88 Å². The van der Waals surface area contributed by atoms with Crippen molar-refractivity contribution in [3.05, 3.63) is 136 Å². The van der Waals surface area contributed by atoms with Crippen molar-refractivity contribution in [2.24, 2.45) is 4.99 Å². The summed E-state index contributed by atoms with van der Waals surface area (Å²) in [6.45, 7) is 2.88. The first-order chi connectivity index (χ1) is 22.4. The van der Waals surface area contributed by atoms with E-state index in [1.807, 2.05) is 36.7 Å². The number of aliphatic imine (C=N–C) groups is 1. The number of carbonyl (C=O) groups excluding carboxylic acids is 2. The average molecular weight is 599 g/mol. The third kappa shape index (κ3) is 4.75. The van der Waals surface area contributed by atoms with Gasteiger partial charge in [-0.3, -0.25) is 4.79 Å². The van der Waals surface area contributed by atoms with E-state index in [-0.39, 0.29) is 11.8 Å². The number of amides is 2. The van der Waals surface area contributed by atoms with Gasteiger partial charge >= 0.3 is 11.7 Å². The van der Waals surface area contributed by atoms with Crippen LogP contribution in [0.25, 0.3) is 61.4 Å². The first-order valence-electron chi connectivity index (χ1n) is 15.1. The van der Waals surface area contributed by atoms with Gasteiger partial charge in [-0.15, -0.1) is 0 Å². The van der Waals surface area contributed by atoms with Crippen LogP contribution in [0.1, 0.15) is 30.5 Å². The largest absolute Gasteiger partial charge is 0.348 e. The van der Waals surface area contributed by atoms with Crippen LogP contribution in [0.5, 0.6) is 0 Å². The number of nitrogens with zero attached hydrogens (tertiary/aromatic N) is 3. The molecule has 2 N–H and O–H groups in total. The Hall–Kier alpha value is -6.21. The van der Waals surface area contributed by atoms with Crippen LogP contribution < -0.4 is 20.4 Å². The van der Waals surface area contributed by atoms with E-state index in [0.717, 1.165) is 60.3 Å². The predicted octanol–water partition coefficient (Wildman–Crippen LogP) is 4.27. The first kappa shape index (κ1) is 27.3. The van der Waals surface area contributed by atoms with Crippen LogP contribution in [0.15, 0.2) is 109 Å². The lowest BCUT2D eigenvalue weighted by molar-refractivity contribution is -0.358. The molecular formula is C39H28N5O2+. The number of aromatic nitrogens is 1. The number of rotatable bonds is 2. The molecule has 220 valence electrons. The molecule has 0 saturated heterocycles. The fourth-order valence-corrected chi connectivity index (χ4v) is 6.41. The Morgan fingerprint density at radius 2 is 1.50 bits per heavy atom. The Balaban J connectivity index is 1.36. The molecule has 0 saturated carbocycles. The quantitative estimate of drug-likeness (QED) is 0.329. The Morgan fingerprint density at radius 3 is 2.24 bits per heavy atom. The van der Waals surface area contributed by atoms with Gasteiger partial charge in [0.25, 0.3) is 0 Å². The van der Waals surface area contributed by atoms with E-state index in [1.54, 1.807) is 0 Å². The molecule has 4 aromatic carbocycles. The summed E-state index contributed by atoms with van der Waals surface area (Å²) in [5.41, 5.74) is 7.72. The summed E-state index contributed by atoms with van der Waals surface area (Å²) in [7, 11) is 0. The molecule has 0 aliphatic carbocycles. The van der Waals surface area contributed by atoms with Gasteiger partial charge in [0.1, 0.15) is 5.82 Å². The molecule has 1 aromatic heterocycles. The summed E-state index contributed by atoms with van der Waals surface area (Å²) in [5.74, 6) is 0.577. The summed E-state index contributed by atoms with van der Waals surface area (Å²) < 4.78 is 0. The molecule has 7 nitrogen and oxygen atoms in total. The number of amidine groups is 1. The van der Waals surface area contributed by atoms with Crippen molar-refractivity contribution >= 4 is 74.6 Å². The van der Waals surface area contributed by atoms with Crippen molar-refractivity contribution in [3.63, 3.8) is 0 Å². The molecule has 2 amide bonds. The van der Waals surface area contributed by atoms with E-state index in [1.165, 1.54) is 24.6 Å². The maximum atomic E-state index is 11.5. The smallest absolute Gasteiger partial charge is 0.346 e. The molecule has 0 atom stereocenters. The third-order valence-corrected chi connectivity index (χ3v) is 8.48. The van der Waals surface area contributed by atoms with Crippen LogP contribution in [0, 0.1) is 0 Å². The molecule has 0 radical (unpaired) electrons. The van der Waals surface area contributed by atoms with Crippen LogP contribution in [0.4, 0.5) is 5.82 Å². The standard InChI is InChI=1S/C39H27N5O2/c1-23(45)42-35-13-11-31(21-40-35)29-9-5-25-3-7-27-15-17-44-18-16-28-8-4-26-6-10-30(32-12-14-36(41-22-32)43-24(2)46)20-34(26)38(28)39(44)37(27)33(25)19-29/h3-22H,1-2H3,(H,40,41,42,43,45,46)/p+1. The van der Waals surface area contributed by atoms with Crippen molar-refractivity contribution in [3.8, 4) is 11.1 Å². The van der Waals surface area contributed by atoms with E-state index >= 15 is 0 Å². The highest BCUT2D eigenvalue weighted by atomic mass is 16.1. The number of allylic oxidation sites excluding steroid dienone is 1. The van der Waals surface area contributed by atoms with Gasteiger partial charge in [-0.25, -0.2) is 9.79 Å². The zero-order valence-corrected chi connectivity index (χ0v) is 25.2. The number of carbonyl (C=O) groups is 2. The van der Waals surface area contributed by atoms with Gasteiger partial charge in [-0.1, -0.05) is 48.5 Å². The Labute approximate surface area is 264 Å². The Morgan fingerprint density at radius 1 is 0.761 bits per heavy atom. The van der Waals surface area contributed by atoms with Crippen LogP contribution in [0.2, 0.25) is 0 Å². The van der Waals surface area contributed by atoms with Crippen LogP contribution in [-0.2, 0) is 9.59 Å². The predicted molar refractivity (Wildman–Crippen MR) is 183 cm³/mol. The molecule has 7 heteroatoms. The normalized spacial score (nSPS) is 16.5. The maximum absolute atomic E-state index is 11.5. The van der Waals surface area contributed by atoms with Crippen molar-refractivity contribution in [1.82, 2.24) is 4.90 Å². The van der Waals surface area contributed by atoms with Gasteiger partial charge in [0.15, 0.2) is 0 Å². The van der Waals surface area contributed by atoms with Gasteiger partial charge in [0.2, 0.25) is 5.91 Å². The van der Waals surface area contributed by atoms with E-state index in [9.17, 15) is 9.59 Å². The van der Waals surface area contributed by atoms with E-state index in [0.29, 0.717) is 11.7 Å². The highest BCUT2D eigenvalue weighted by Gasteiger charge is 2.24. The number of hydrogen-bond acceptors (Lipinski definition) is 3. The SMILES string of the molecule is CC(=O)N=C1C=CC(=c2ccc3ccc4c(c3c2)=C2c3c(ccc5ccc(-c6ccc([N-]C(C)=O)[nH+]c6)cc35)C=CN2C=C4)C=[NH+]1. The number of benzene rings is 4. The molecule has 3 aliphatic heterocycles. The fourth-order valence-electron chi connectivity index (χ4n) is 6.41. The maximum Gasteiger partial charge on any atom is 0.348 e. The molecule has 0 bridgehead atoms. The topological polar surface area (TPSA) is 92.0 Å². The van der Waals surface area contributed by atoms with Gasteiger partial charge in [-0.05, 0) is 96.5 Å². The first-order valence-corrected chi connectivity index (χ1v) is 15.1. The second-order valence-electron chi connectivity index (χ2n) is 11.5. The third-order valence-electron chi connectivity index (χ3n) is 8.48. The molecule has 3 aliphatic rings. The fraction of sp³-hybridized carbons (Fsp3) is 0.0513. The number of hydrogen-bond donors (Lipinski definition) is 1.